The van der Waals surface area contributed by atoms with E-state index in [0.717, 1.165) is 30.9 Å². The van der Waals surface area contributed by atoms with Crippen LogP contribution in [0.5, 0.6) is 0 Å². The van der Waals surface area contributed by atoms with Crippen LogP contribution >= 0.6 is 0 Å². The van der Waals surface area contributed by atoms with Gasteiger partial charge in [0.25, 0.3) is 0 Å². The van der Waals surface area contributed by atoms with Crippen LogP contribution in [0.2, 0.25) is 0 Å². The van der Waals surface area contributed by atoms with Crippen molar-refractivity contribution in [2.24, 2.45) is 10.9 Å². The zero-order valence-corrected chi connectivity index (χ0v) is 18.4. The normalized spacial score (nSPS) is 26.8. The smallest absolute Gasteiger partial charge is 0.224 e. The molecule has 0 saturated heterocycles. The Labute approximate surface area is 184 Å². The van der Waals surface area contributed by atoms with E-state index in [4.69, 9.17) is 0 Å². The quantitative estimate of drug-likeness (QED) is 0.760. The van der Waals surface area contributed by atoms with Crippen LogP contribution in [0, 0.1) is 5.92 Å². The van der Waals surface area contributed by atoms with Gasteiger partial charge in [-0.25, -0.2) is 0 Å². The fourth-order valence-corrected chi connectivity index (χ4v) is 4.96. The van der Waals surface area contributed by atoms with E-state index in [9.17, 15) is 4.79 Å². The minimum absolute atomic E-state index is 0.0988. The van der Waals surface area contributed by atoms with E-state index >= 15 is 0 Å². The van der Waals surface area contributed by atoms with Gasteiger partial charge in [0.2, 0.25) is 5.91 Å². The number of aliphatic imine (C=N–C) groups is 1. The third-order valence-electron chi connectivity index (χ3n) is 6.96. The molecule has 0 fully saturated rings. The number of nitrogens with one attached hydrogen (secondary N) is 2. The van der Waals surface area contributed by atoms with E-state index in [1.165, 1.54) is 22.3 Å². The molecule has 5 rings (SSSR count). The second-order valence-electron chi connectivity index (χ2n) is 8.93. The van der Waals surface area contributed by atoms with Gasteiger partial charge in [-0.05, 0) is 66.4 Å². The van der Waals surface area contributed by atoms with Crippen molar-refractivity contribution in [3.05, 3.63) is 65.2 Å². The molecule has 3 aliphatic rings. The summed E-state index contributed by atoms with van der Waals surface area (Å²) < 4.78 is 0. The molecule has 31 heavy (non-hydrogen) atoms. The SMILES string of the molecule is CC(=O)N1c2ccc(C3=CCNCC3)cc2C(Nc2ccc(C3C=N3)cc2)[C@@H](C)[C@@H]1C. The molecule has 4 atom stereocenters. The zero-order chi connectivity index (χ0) is 21.5. The van der Waals surface area contributed by atoms with Crippen LogP contribution in [0.3, 0.4) is 0 Å². The van der Waals surface area contributed by atoms with Crippen molar-refractivity contribution in [1.29, 1.82) is 0 Å². The Morgan fingerprint density at radius 3 is 2.58 bits per heavy atom. The van der Waals surface area contributed by atoms with Gasteiger partial charge < -0.3 is 15.5 Å². The summed E-state index contributed by atoms with van der Waals surface area (Å²) in [5.41, 5.74) is 7.21. The molecule has 0 saturated carbocycles. The molecule has 1 amide bonds. The number of carbonyl (C=O) groups excluding carboxylic acids is 1. The fraction of sp³-hybridized carbons (Fsp3) is 0.385. The monoisotopic (exact) mass is 414 g/mol. The fourth-order valence-electron chi connectivity index (χ4n) is 4.96. The van der Waals surface area contributed by atoms with E-state index in [0.29, 0.717) is 0 Å². The molecule has 3 heterocycles. The lowest BCUT2D eigenvalue weighted by Crippen LogP contribution is -2.48. The van der Waals surface area contributed by atoms with Gasteiger partial charge in [0, 0.05) is 43.0 Å². The van der Waals surface area contributed by atoms with Crippen LogP contribution in [0.15, 0.2) is 53.5 Å². The summed E-state index contributed by atoms with van der Waals surface area (Å²) in [6.45, 7) is 7.99. The van der Waals surface area contributed by atoms with Gasteiger partial charge in [-0.15, -0.1) is 0 Å². The van der Waals surface area contributed by atoms with Crippen molar-refractivity contribution >= 4 is 29.1 Å². The Bertz CT molecular complexity index is 1050. The first-order chi connectivity index (χ1) is 15.0. The highest BCUT2D eigenvalue weighted by atomic mass is 16.2. The number of hydrogen-bond donors (Lipinski definition) is 2. The van der Waals surface area contributed by atoms with Crippen molar-refractivity contribution in [2.45, 2.75) is 45.3 Å². The summed E-state index contributed by atoms with van der Waals surface area (Å²) in [7, 11) is 0. The van der Waals surface area contributed by atoms with E-state index in [-0.39, 0.29) is 30.0 Å². The molecular formula is C26H30N4O. The van der Waals surface area contributed by atoms with E-state index < -0.39 is 0 Å². The average Bonchev–Trinajstić information content (AvgIpc) is 3.63. The van der Waals surface area contributed by atoms with Crippen LogP contribution in [0.1, 0.15) is 56.0 Å². The summed E-state index contributed by atoms with van der Waals surface area (Å²) in [6.07, 6.45) is 5.28. The molecule has 3 aliphatic heterocycles. The molecule has 2 unspecified atom stereocenters. The first kappa shape index (κ1) is 20.0. The van der Waals surface area contributed by atoms with Crippen molar-refractivity contribution in [1.82, 2.24) is 5.32 Å². The molecule has 5 nitrogen and oxygen atoms in total. The van der Waals surface area contributed by atoms with Gasteiger partial charge in [-0.1, -0.05) is 31.2 Å². The lowest BCUT2D eigenvalue weighted by molar-refractivity contribution is -0.117. The van der Waals surface area contributed by atoms with Crippen LogP contribution in [-0.2, 0) is 4.79 Å². The highest BCUT2D eigenvalue weighted by molar-refractivity contribution is 5.94. The lowest BCUT2D eigenvalue weighted by atomic mass is 9.81. The Morgan fingerprint density at radius 2 is 1.94 bits per heavy atom. The lowest BCUT2D eigenvalue weighted by Gasteiger charge is -2.44. The van der Waals surface area contributed by atoms with Crippen molar-refractivity contribution < 1.29 is 4.79 Å². The van der Waals surface area contributed by atoms with Gasteiger partial charge >= 0.3 is 0 Å². The first-order valence-corrected chi connectivity index (χ1v) is 11.3. The second kappa shape index (κ2) is 7.97. The van der Waals surface area contributed by atoms with Gasteiger partial charge in [-0.3, -0.25) is 9.79 Å². The van der Waals surface area contributed by atoms with Crippen molar-refractivity contribution in [2.75, 3.05) is 23.3 Å². The number of amides is 1. The molecule has 2 N–H and O–H groups in total. The maximum atomic E-state index is 12.6. The Hall–Kier alpha value is -2.92. The van der Waals surface area contributed by atoms with Crippen molar-refractivity contribution in [3.63, 3.8) is 0 Å². The topological polar surface area (TPSA) is 56.7 Å². The molecule has 0 radical (unpaired) electrons. The summed E-state index contributed by atoms with van der Waals surface area (Å²) in [6, 6.07) is 15.7. The molecule has 5 heteroatoms. The third-order valence-corrected chi connectivity index (χ3v) is 6.96. The summed E-state index contributed by atoms with van der Waals surface area (Å²) in [4.78, 5) is 18.8. The predicted molar refractivity (Wildman–Crippen MR) is 128 cm³/mol. The molecule has 160 valence electrons. The Balaban J connectivity index is 1.52. The number of fused-ring (bicyclic) bond motifs is 1. The van der Waals surface area contributed by atoms with Crippen LogP contribution in [0.25, 0.3) is 5.57 Å². The van der Waals surface area contributed by atoms with Crippen molar-refractivity contribution in [3.8, 4) is 0 Å². The van der Waals surface area contributed by atoms with Gasteiger partial charge in [0.15, 0.2) is 0 Å². The zero-order valence-electron chi connectivity index (χ0n) is 18.4. The van der Waals surface area contributed by atoms with Crippen LogP contribution in [0.4, 0.5) is 11.4 Å². The van der Waals surface area contributed by atoms with E-state index in [1.54, 1.807) is 6.92 Å². The standard InChI is InChI=1S/C26H30N4O/c1-16-17(2)30(18(3)31)25-9-6-21(19-10-12-27-13-11-19)14-23(25)26(16)29-22-7-4-20(5-8-22)24-15-28-24/h4-10,14-17,24,26-27,29H,11-13H2,1-3H3/t16-,17-,24?,26?/m0/s1. The van der Waals surface area contributed by atoms with Gasteiger partial charge in [0.1, 0.15) is 6.04 Å². The minimum atomic E-state index is 0.0988. The van der Waals surface area contributed by atoms with Crippen LogP contribution in [-0.4, -0.2) is 31.3 Å². The third kappa shape index (κ3) is 3.79. The molecule has 2 aromatic carbocycles. The molecule has 2 aromatic rings. The number of hydrogen-bond acceptors (Lipinski definition) is 4. The summed E-state index contributed by atoms with van der Waals surface area (Å²) in [5, 5.41) is 7.17. The predicted octanol–water partition coefficient (Wildman–Crippen LogP) is 4.73. The highest BCUT2D eigenvalue weighted by Crippen LogP contribution is 2.44. The number of carbonyl (C=O) groups is 1. The molecule has 0 aromatic heterocycles. The highest BCUT2D eigenvalue weighted by Gasteiger charge is 2.38. The summed E-state index contributed by atoms with van der Waals surface area (Å²) in [5.74, 6) is 0.363. The first-order valence-electron chi connectivity index (χ1n) is 11.3. The van der Waals surface area contributed by atoms with Crippen LogP contribution < -0.4 is 15.5 Å². The molecule has 0 spiro atoms. The van der Waals surface area contributed by atoms with Gasteiger partial charge in [0.05, 0.1) is 6.04 Å². The number of nitrogens with zero attached hydrogens (tertiary/aromatic N) is 2. The maximum Gasteiger partial charge on any atom is 0.224 e. The minimum Gasteiger partial charge on any atom is -0.378 e. The van der Waals surface area contributed by atoms with Gasteiger partial charge in [-0.2, -0.15) is 0 Å². The maximum absolute atomic E-state index is 12.6. The average molecular weight is 415 g/mol. The largest absolute Gasteiger partial charge is 0.378 e. The second-order valence-corrected chi connectivity index (χ2v) is 8.93. The number of rotatable bonds is 4. The Kier molecular flexibility index (Phi) is 5.14. The summed E-state index contributed by atoms with van der Waals surface area (Å²) >= 11 is 0. The Morgan fingerprint density at radius 1 is 1.16 bits per heavy atom. The van der Waals surface area contributed by atoms with E-state index in [2.05, 4.69) is 78.0 Å². The molecule has 0 aliphatic carbocycles. The molecular weight excluding hydrogens is 384 g/mol. The molecule has 0 bridgehead atoms. The van der Waals surface area contributed by atoms with E-state index in [1.807, 2.05) is 11.1 Å². The number of anilines is 2. The number of benzene rings is 2.